The monoisotopic (exact) mass is 352 g/mol. The van der Waals surface area contributed by atoms with E-state index < -0.39 is 0 Å². The van der Waals surface area contributed by atoms with E-state index in [1.54, 1.807) is 29.5 Å². The maximum Gasteiger partial charge on any atom is 0.247 e. The van der Waals surface area contributed by atoms with Gasteiger partial charge in [-0.2, -0.15) is 5.26 Å². The zero-order valence-corrected chi connectivity index (χ0v) is 15.0. The molecule has 1 aliphatic heterocycles. The van der Waals surface area contributed by atoms with Crippen LogP contribution in [0.3, 0.4) is 0 Å². The zero-order chi connectivity index (χ0) is 17.6. The summed E-state index contributed by atoms with van der Waals surface area (Å²) in [7, 11) is 0. The van der Waals surface area contributed by atoms with E-state index in [0.717, 1.165) is 24.9 Å². The van der Waals surface area contributed by atoms with Crippen LogP contribution in [-0.4, -0.2) is 24.0 Å². The molecule has 1 unspecified atom stereocenters. The highest BCUT2D eigenvalue weighted by molar-refractivity contribution is 7.10. The van der Waals surface area contributed by atoms with E-state index in [1.165, 1.54) is 10.4 Å². The fourth-order valence-corrected chi connectivity index (χ4v) is 4.08. The van der Waals surface area contributed by atoms with Crippen LogP contribution in [0, 0.1) is 11.3 Å². The van der Waals surface area contributed by atoms with Gasteiger partial charge in [0.15, 0.2) is 6.61 Å². The third kappa shape index (κ3) is 3.92. The van der Waals surface area contributed by atoms with Gasteiger partial charge in [-0.3, -0.25) is 4.79 Å². The van der Waals surface area contributed by atoms with Crippen molar-refractivity contribution >= 4 is 23.3 Å². The number of hydrogen-bond donors (Lipinski definition) is 0. The minimum atomic E-state index is 0.0333. The molecule has 4 nitrogen and oxygen atoms in total. The molecule has 0 N–H and O–H groups in total. The van der Waals surface area contributed by atoms with Gasteiger partial charge < -0.3 is 9.64 Å². The van der Waals surface area contributed by atoms with Crippen LogP contribution in [-0.2, 0) is 11.2 Å². The lowest BCUT2D eigenvalue weighted by Gasteiger charge is -2.34. The summed E-state index contributed by atoms with van der Waals surface area (Å²) in [5, 5.41) is 10.6. The van der Waals surface area contributed by atoms with Gasteiger partial charge in [0, 0.05) is 17.5 Å². The summed E-state index contributed by atoms with van der Waals surface area (Å²) in [6, 6.07) is 11.6. The van der Waals surface area contributed by atoms with Crippen molar-refractivity contribution in [2.45, 2.75) is 25.8 Å². The molecule has 3 rings (SSSR count). The third-order valence-electron chi connectivity index (χ3n) is 4.37. The molecule has 1 aromatic heterocycles. The Labute approximate surface area is 152 Å². The molecule has 0 aliphatic carbocycles. The maximum atomic E-state index is 12.7. The third-order valence-corrected chi connectivity index (χ3v) is 5.36. The maximum absolute atomic E-state index is 12.7. The lowest BCUT2D eigenvalue weighted by atomic mass is 9.97. The van der Waals surface area contributed by atoms with Crippen molar-refractivity contribution in [3.05, 3.63) is 57.8 Å². The minimum Gasteiger partial charge on any atom is -0.479 e. The number of nitriles is 1. The van der Waals surface area contributed by atoms with Gasteiger partial charge in [-0.1, -0.05) is 19.1 Å². The van der Waals surface area contributed by atoms with Gasteiger partial charge in [0.1, 0.15) is 11.8 Å². The summed E-state index contributed by atoms with van der Waals surface area (Å²) in [5.74, 6) is 0.700. The molecule has 0 saturated carbocycles. The number of ether oxygens (including phenoxy) is 1. The first-order valence-corrected chi connectivity index (χ1v) is 9.25. The second-order valence-electron chi connectivity index (χ2n) is 5.85. The van der Waals surface area contributed by atoms with E-state index in [2.05, 4.69) is 18.4 Å². The van der Waals surface area contributed by atoms with Gasteiger partial charge in [0.2, 0.25) is 5.91 Å². The quantitative estimate of drug-likeness (QED) is 0.758. The van der Waals surface area contributed by atoms with Crippen molar-refractivity contribution in [2.75, 3.05) is 13.2 Å². The number of nitrogens with zero attached hydrogens (tertiary/aromatic N) is 2. The van der Waals surface area contributed by atoms with Crippen molar-refractivity contribution in [3.63, 3.8) is 0 Å². The van der Waals surface area contributed by atoms with Crippen LogP contribution in [0.2, 0.25) is 0 Å². The van der Waals surface area contributed by atoms with Gasteiger partial charge >= 0.3 is 0 Å². The summed E-state index contributed by atoms with van der Waals surface area (Å²) in [6.45, 7) is 2.93. The molecule has 1 amide bonds. The summed E-state index contributed by atoms with van der Waals surface area (Å²) >= 11 is 1.79. The molecule has 0 spiro atoms. The van der Waals surface area contributed by atoms with Crippen LogP contribution in [0.15, 0.2) is 41.8 Å². The summed E-state index contributed by atoms with van der Waals surface area (Å²) in [4.78, 5) is 16.0. The molecule has 2 aromatic rings. The first-order valence-electron chi connectivity index (χ1n) is 8.37. The van der Waals surface area contributed by atoms with E-state index in [1.807, 2.05) is 29.2 Å². The molecule has 0 bridgehead atoms. The van der Waals surface area contributed by atoms with Crippen LogP contribution in [0.1, 0.15) is 35.4 Å². The standard InChI is InChI=1S/C20H20N2O2S/c1-2-18-17-10-14-25-19(17)9-12-22(18)20(23)8-5-15-3-6-16(7-4-15)24-13-11-21/h3-8,10,14,18H,2,9,12-13H2,1H3/b8-5+. The molecule has 5 heteroatoms. The number of carbonyl (C=O) groups excluding carboxylic acids is 1. The fraction of sp³-hybridized carbons (Fsp3) is 0.300. The Bertz CT molecular complexity index is 802. The number of hydrogen-bond acceptors (Lipinski definition) is 4. The molecule has 25 heavy (non-hydrogen) atoms. The van der Waals surface area contributed by atoms with Crippen LogP contribution in [0.4, 0.5) is 0 Å². The Kier molecular flexibility index (Phi) is 5.52. The molecular weight excluding hydrogens is 332 g/mol. The molecule has 1 aliphatic rings. The van der Waals surface area contributed by atoms with Crippen LogP contribution >= 0.6 is 11.3 Å². The van der Waals surface area contributed by atoms with Crippen LogP contribution < -0.4 is 4.74 Å². The zero-order valence-electron chi connectivity index (χ0n) is 14.1. The van der Waals surface area contributed by atoms with Crippen LogP contribution in [0.25, 0.3) is 6.08 Å². The number of carbonyl (C=O) groups is 1. The summed E-state index contributed by atoms with van der Waals surface area (Å²) in [5.41, 5.74) is 2.23. The van der Waals surface area contributed by atoms with E-state index in [-0.39, 0.29) is 18.6 Å². The van der Waals surface area contributed by atoms with Crippen molar-refractivity contribution < 1.29 is 9.53 Å². The summed E-state index contributed by atoms with van der Waals surface area (Å²) in [6.07, 6.45) is 5.33. The molecule has 1 aromatic carbocycles. The van der Waals surface area contributed by atoms with E-state index >= 15 is 0 Å². The van der Waals surface area contributed by atoms with Crippen molar-refractivity contribution in [3.8, 4) is 11.8 Å². The Hall–Kier alpha value is -2.58. The Morgan fingerprint density at radius 2 is 2.20 bits per heavy atom. The smallest absolute Gasteiger partial charge is 0.247 e. The van der Waals surface area contributed by atoms with Crippen molar-refractivity contribution in [1.82, 2.24) is 4.90 Å². The molecular formula is C20H20N2O2S. The second-order valence-corrected chi connectivity index (χ2v) is 6.85. The second kappa shape index (κ2) is 8.00. The number of benzene rings is 1. The minimum absolute atomic E-state index is 0.0333. The lowest BCUT2D eigenvalue weighted by Crippen LogP contribution is -2.38. The van der Waals surface area contributed by atoms with Crippen molar-refractivity contribution in [1.29, 1.82) is 5.26 Å². The molecule has 0 saturated heterocycles. The van der Waals surface area contributed by atoms with Gasteiger partial charge in [0.05, 0.1) is 6.04 Å². The largest absolute Gasteiger partial charge is 0.479 e. The number of fused-ring (bicyclic) bond motifs is 1. The van der Waals surface area contributed by atoms with Gasteiger partial charge in [-0.25, -0.2) is 0 Å². The highest BCUT2D eigenvalue weighted by Crippen LogP contribution is 2.35. The molecule has 2 heterocycles. The number of rotatable bonds is 5. The normalized spacial score (nSPS) is 16.5. The SMILES string of the molecule is CCC1c2ccsc2CCN1C(=O)/C=C/c1ccc(OCC#N)cc1. The van der Waals surface area contributed by atoms with Crippen molar-refractivity contribution in [2.24, 2.45) is 0 Å². The van der Waals surface area contributed by atoms with Gasteiger partial charge in [-0.05, 0) is 53.6 Å². The predicted octanol–water partition coefficient (Wildman–Crippen LogP) is 4.20. The topological polar surface area (TPSA) is 53.3 Å². The Balaban J connectivity index is 1.67. The fourth-order valence-electron chi connectivity index (χ4n) is 3.15. The average Bonchev–Trinajstić information content (AvgIpc) is 3.13. The predicted molar refractivity (Wildman–Crippen MR) is 99.4 cm³/mol. The van der Waals surface area contributed by atoms with E-state index in [0.29, 0.717) is 5.75 Å². The molecule has 1 atom stereocenters. The highest BCUT2D eigenvalue weighted by atomic mass is 32.1. The molecule has 0 fully saturated rings. The van der Waals surface area contributed by atoms with Gasteiger partial charge in [-0.15, -0.1) is 11.3 Å². The Morgan fingerprint density at radius 1 is 1.40 bits per heavy atom. The van der Waals surface area contributed by atoms with E-state index in [9.17, 15) is 4.79 Å². The number of amides is 1. The first kappa shape index (κ1) is 17.2. The van der Waals surface area contributed by atoms with E-state index in [4.69, 9.17) is 10.00 Å². The summed E-state index contributed by atoms with van der Waals surface area (Å²) < 4.78 is 5.23. The van der Waals surface area contributed by atoms with Crippen LogP contribution in [0.5, 0.6) is 5.75 Å². The first-order chi connectivity index (χ1) is 12.2. The lowest BCUT2D eigenvalue weighted by molar-refractivity contribution is -0.128. The number of thiophene rings is 1. The molecule has 0 radical (unpaired) electrons. The molecule has 128 valence electrons. The van der Waals surface area contributed by atoms with Gasteiger partial charge in [0.25, 0.3) is 0 Å². The average molecular weight is 352 g/mol. The Morgan fingerprint density at radius 3 is 2.92 bits per heavy atom. The highest BCUT2D eigenvalue weighted by Gasteiger charge is 2.29.